The summed E-state index contributed by atoms with van der Waals surface area (Å²) in [5, 5.41) is 2.74. The first kappa shape index (κ1) is 25.8. The number of H-pyrrole nitrogens is 1. The van der Waals surface area contributed by atoms with E-state index in [0.717, 1.165) is 36.2 Å². The van der Waals surface area contributed by atoms with E-state index in [9.17, 15) is 27.2 Å². The third-order valence-corrected chi connectivity index (χ3v) is 6.81. The maximum Gasteiger partial charge on any atom is 0.422 e. The van der Waals surface area contributed by atoms with Gasteiger partial charge in [0.25, 0.3) is 0 Å². The summed E-state index contributed by atoms with van der Waals surface area (Å²) in [7, 11) is 0. The molecule has 4 heterocycles. The van der Waals surface area contributed by atoms with Gasteiger partial charge in [-0.3, -0.25) is 4.79 Å². The minimum Gasteiger partial charge on any atom is -0.483 e. The minimum atomic E-state index is -4.47. The number of fused-ring (bicyclic) bond motifs is 4. The number of carbonyl (C=O) groups excluding carboxylic acids is 1. The molecule has 2 aliphatic rings. The molecule has 1 fully saturated rings. The zero-order valence-electron chi connectivity index (χ0n) is 19.6. The zero-order valence-corrected chi connectivity index (χ0v) is 20.4. The molecule has 2 aromatic heterocycles. The van der Waals surface area contributed by atoms with Gasteiger partial charge in [-0.05, 0) is 48.6 Å². The number of halogens is 5. The van der Waals surface area contributed by atoms with Gasteiger partial charge in [0, 0.05) is 35.0 Å². The van der Waals surface area contributed by atoms with Gasteiger partial charge < -0.3 is 24.7 Å². The summed E-state index contributed by atoms with van der Waals surface area (Å²) in [4.78, 5) is 33.0. The fourth-order valence-corrected chi connectivity index (χ4v) is 5.01. The summed E-state index contributed by atoms with van der Waals surface area (Å²) in [5.41, 5.74) is 1.79. The number of hydrogen-bond donors (Lipinski definition) is 2. The predicted octanol–water partition coefficient (Wildman–Crippen LogP) is 5.38. The maximum absolute atomic E-state index is 14.9. The molecule has 2 bridgehead atoms. The van der Waals surface area contributed by atoms with Crippen LogP contribution in [0, 0.1) is 5.82 Å². The van der Waals surface area contributed by atoms with E-state index in [1.54, 1.807) is 17.2 Å². The third-order valence-electron chi connectivity index (χ3n) is 6.46. The van der Waals surface area contributed by atoms with Gasteiger partial charge in [0.15, 0.2) is 6.61 Å². The van der Waals surface area contributed by atoms with Gasteiger partial charge in [0.1, 0.15) is 18.2 Å². The largest absolute Gasteiger partial charge is 0.483 e. The van der Waals surface area contributed by atoms with Crippen LogP contribution in [0.4, 0.5) is 28.0 Å². The number of ether oxygens (including phenoxy) is 2. The monoisotopic (exact) mass is 552 g/mol. The Bertz CT molecular complexity index is 1410. The van der Waals surface area contributed by atoms with Crippen molar-refractivity contribution >= 4 is 23.3 Å². The highest BCUT2D eigenvalue weighted by atomic mass is 35.5. The van der Waals surface area contributed by atoms with Gasteiger partial charge >= 0.3 is 12.2 Å². The van der Waals surface area contributed by atoms with Crippen molar-refractivity contribution < 1.29 is 31.8 Å². The first-order chi connectivity index (χ1) is 18.1. The smallest absolute Gasteiger partial charge is 0.422 e. The lowest BCUT2D eigenvalue weighted by molar-refractivity contribution is -0.153. The molecule has 0 spiro atoms. The van der Waals surface area contributed by atoms with Gasteiger partial charge in [0.05, 0.1) is 17.9 Å². The Morgan fingerprint density at radius 3 is 2.76 bits per heavy atom. The van der Waals surface area contributed by atoms with Crippen molar-refractivity contribution in [3.05, 3.63) is 80.6 Å². The van der Waals surface area contributed by atoms with Crippen LogP contribution >= 0.6 is 11.6 Å². The molecule has 13 heteroatoms. The van der Waals surface area contributed by atoms with Crippen LogP contribution in [0.1, 0.15) is 35.6 Å². The molecule has 38 heavy (non-hydrogen) atoms. The van der Waals surface area contributed by atoms with Crippen LogP contribution in [0.5, 0.6) is 11.6 Å². The first-order valence-electron chi connectivity index (χ1n) is 11.6. The molecule has 2 atom stereocenters. The van der Waals surface area contributed by atoms with Gasteiger partial charge in [-0.15, -0.1) is 0 Å². The number of alkyl halides is 3. The number of rotatable bonds is 6. The van der Waals surface area contributed by atoms with Crippen molar-refractivity contribution in [3.63, 3.8) is 0 Å². The van der Waals surface area contributed by atoms with Crippen molar-refractivity contribution in [2.75, 3.05) is 11.9 Å². The van der Waals surface area contributed by atoms with E-state index in [-0.39, 0.29) is 52.2 Å². The second kappa shape index (κ2) is 10.2. The number of nitrogens with zero attached hydrogens (tertiary/aromatic N) is 2. The van der Waals surface area contributed by atoms with Crippen LogP contribution in [0.15, 0.2) is 47.5 Å². The summed E-state index contributed by atoms with van der Waals surface area (Å²) < 4.78 is 61.7. The highest BCUT2D eigenvalue weighted by Gasteiger charge is 2.43. The topological polar surface area (TPSA) is 96.6 Å². The van der Waals surface area contributed by atoms with E-state index < -0.39 is 24.6 Å². The van der Waals surface area contributed by atoms with Gasteiger partial charge in [0.2, 0.25) is 11.4 Å². The van der Waals surface area contributed by atoms with Crippen molar-refractivity contribution in [2.45, 2.75) is 44.1 Å². The number of benzene rings is 1. The number of carbonyl (C=O) groups is 1. The summed E-state index contributed by atoms with van der Waals surface area (Å²) in [5.74, 6) is -0.738. The molecule has 1 aromatic carbocycles. The molecule has 8 nitrogen and oxygen atoms in total. The zero-order chi connectivity index (χ0) is 27.0. The Morgan fingerprint density at radius 2 is 2.03 bits per heavy atom. The van der Waals surface area contributed by atoms with Gasteiger partial charge in [-0.25, -0.2) is 14.2 Å². The number of aromatic nitrogens is 2. The maximum atomic E-state index is 14.9. The molecular weight excluding hydrogens is 532 g/mol. The highest BCUT2D eigenvalue weighted by Crippen LogP contribution is 2.43. The van der Waals surface area contributed by atoms with E-state index in [1.807, 2.05) is 0 Å². The number of amides is 2. The summed E-state index contributed by atoms with van der Waals surface area (Å²) >= 11 is 6.31. The van der Waals surface area contributed by atoms with E-state index in [0.29, 0.717) is 6.42 Å². The van der Waals surface area contributed by atoms with Crippen LogP contribution in [0.2, 0.25) is 5.02 Å². The van der Waals surface area contributed by atoms with Crippen molar-refractivity contribution in [3.8, 4) is 11.6 Å². The van der Waals surface area contributed by atoms with Crippen LogP contribution in [0.3, 0.4) is 0 Å². The summed E-state index contributed by atoms with van der Waals surface area (Å²) in [6.45, 7) is -1.62. The Kier molecular flexibility index (Phi) is 6.91. The molecule has 0 unspecified atom stereocenters. The molecule has 0 radical (unpaired) electrons. The predicted molar refractivity (Wildman–Crippen MR) is 129 cm³/mol. The number of hydrogen-bond acceptors (Lipinski definition) is 5. The van der Waals surface area contributed by atoms with E-state index >= 15 is 0 Å². The van der Waals surface area contributed by atoms with Crippen molar-refractivity contribution in [2.24, 2.45) is 0 Å². The molecule has 2 amide bonds. The molecule has 2 aliphatic heterocycles. The molecule has 2 N–H and O–H groups in total. The quantitative estimate of drug-likeness (QED) is 0.401. The Balaban J connectivity index is 1.22. The second-order valence-electron chi connectivity index (χ2n) is 9.01. The molecule has 200 valence electrons. The molecular formula is C25H21ClF4N4O4. The number of aromatic amines is 1. The standard InChI is InChI=1S/C25H21ClF4N4O4/c26-18-8-20(33-24(36)34-15-1-3-21(34)17-10-31-22(35)7-13(17)5-15)19(27)6-14(18)11-37-23-4-2-16(9-32-23)38-12-25(28,29)30/h2,4,6-10,15,21H,1,3,5,11-12H2,(H,31,35)(H,33,36)/t15-,21+/m0/s1. The summed E-state index contributed by atoms with van der Waals surface area (Å²) in [6, 6.07) is 5.76. The fraction of sp³-hybridized carbons (Fsp3) is 0.320. The van der Waals surface area contributed by atoms with Crippen molar-refractivity contribution in [1.29, 1.82) is 0 Å². The second-order valence-corrected chi connectivity index (χ2v) is 9.42. The molecule has 0 aliphatic carbocycles. The first-order valence-corrected chi connectivity index (χ1v) is 12.0. The SMILES string of the molecule is O=C(Nc1cc(Cl)c(COc2ccc(OCC(F)(F)F)cn2)cc1F)N1[C@H]2CC[C@@H]1c1c[nH]c(=O)cc1C2. The lowest BCUT2D eigenvalue weighted by Crippen LogP contribution is -2.44. The Morgan fingerprint density at radius 1 is 1.21 bits per heavy atom. The number of anilines is 1. The van der Waals surface area contributed by atoms with E-state index in [2.05, 4.69) is 20.0 Å². The molecule has 1 saturated heterocycles. The number of nitrogens with one attached hydrogen (secondary N) is 2. The van der Waals surface area contributed by atoms with E-state index in [4.69, 9.17) is 16.3 Å². The van der Waals surface area contributed by atoms with Crippen LogP contribution in [-0.2, 0) is 13.0 Å². The van der Waals surface area contributed by atoms with Crippen molar-refractivity contribution in [1.82, 2.24) is 14.9 Å². The highest BCUT2D eigenvalue weighted by molar-refractivity contribution is 6.31. The normalized spacial score (nSPS) is 18.2. The fourth-order valence-electron chi connectivity index (χ4n) is 4.79. The lowest BCUT2D eigenvalue weighted by atomic mass is 9.95. The van der Waals surface area contributed by atoms with Crippen LogP contribution in [-0.4, -0.2) is 39.7 Å². The van der Waals surface area contributed by atoms with E-state index in [1.165, 1.54) is 18.2 Å². The number of pyridine rings is 2. The van der Waals surface area contributed by atoms with Gasteiger partial charge in [-0.2, -0.15) is 13.2 Å². The molecule has 0 saturated carbocycles. The molecule has 3 aromatic rings. The summed E-state index contributed by atoms with van der Waals surface area (Å²) in [6.07, 6.45) is 0.290. The third kappa shape index (κ3) is 5.54. The lowest BCUT2D eigenvalue weighted by Gasteiger charge is -2.36. The minimum absolute atomic E-state index is 0.0698. The van der Waals surface area contributed by atoms with Crippen LogP contribution in [0.25, 0.3) is 0 Å². The average molecular weight is 553 g/mol. The Hall–Kier alpha value is -3.80. The average Bonchev–Trinajstić information content (AvgIpc) is 3.19. The van der Waals surface area contributed by atoms with Gasteiger partial charge in [-0.1, -0.05) is 11.6 Å². The Labute approximate surface area is 218 Å². The number of urea groups is 1. The molecule has 5 rings (SSSR count). The van der Waals surface area contributed by atoms with Crippen LogP contribution < -0.4 is 20.3 Å².